The van der Waals surface area contributed by atoms with Crippen molar-refractivity contribution in [1.29, 1.82) is 0 Å². The van der Waals surface area contributed by atoms with Crippen LogP contribution in [0.5, 0.6) is 0 Å². The molecule has 1 atom stereocenters. The van der Waals surface area contributed by atoms with E-state index in [0.717, 1.165) is 15.7 Å². The van der Waals surface area contributed by atoms with Gasteiger partial charge in [-0.05, 0) is 39.7 Å². The molecule has 5 heteroatoms. The fourth-order valence-electron chi connectivity index (χ4n) is 1.53. The van der Waals surface area contributed by atoms with Crippen molar-refractivity contribution in [3.8, 4) is 0 Å². The van der Waals surface area contributed by atoms with E-state index in [-0.39, 0.29) is 0 Å². The normalized spacial score (nSPS) is 12.2. The lowest BCUT2D eigenvalue weighted by Gasteiger charge is -2.13. The van der Waals surface area contributed by atoms with Gasteiger partial charge in [0.15, 0.2) is 0 Å². The fraction of sp³-hybridized carbons (Fsp3) is 0.154. The summed E-state index contributed by atoms with van der Waals surface area (Å²) in [5, 5.41) is 13.8. The molecule has 94 valence electrons. The van der Waals surface area contributed by atoms with Gasteiger partial charge < -0.3 is 10.4 Å². The quantitative estimate of drug-likeness (QED) is 0.901. The number of benzene rings is 1. The number of hydrogen-bond acceptors (Lipinski definition) is 3. The van der Waals surface area contributed by atoms with Crippen LogP contribution in [0.2, 0.25) is 5.02 Å². The average Bonchev–Trinajstić information content (AvgIpc) is 2.37. The first-order valence-corrected chi connectivity index (χ1v) is 6.60. The Morgan fingerprint density at radius 1 is 1.28 bits per heavy atom. The van der Waals surface area contributed by atoms with E-state index in [4.69, 9.17) is 11.6 Å². The van der Waals surface area contributed by atoms with Crippen molar-refractivity contribution in [3.63, 3.8) is 0 Å². The van der Waals surface area contributed by atoms with Gasteiger partial charge in [-0.3, -0.25) is 4.98 Å². The molecule has 0 aliphatic heterocycles. The molecule has 0 radical (unpaired) electrons. The van der Waals surface area contributed by atoms with Crippen LogP contribution in [0.15, 0.2) is 47.2 Å². The Bertz CT molecular complexity index is 519. The van der Waals surface area contributed by atoms with Gasteiger partial charge in [-0.1, -0.05) is 23.7 Å². The number of pyridine rings is 1. The molecule has 0 fully saturated rings. The van der Waals surface area contributed by atoms with E-state index >= 15 is 0 Å². The number of rotatable bonds is 4. The number of anilines is 1. The molecule has 1 aromatic heterocycles. The van der Waals surface area contributed by atoms with E-state index in [9.17, 15) is 5.11 Å². The van der Waals surface area contributed by atoms with Crippen LogP contribution in [0.3, 0.4) is 0 Å². The maximum Gasteiger partial charge on any atom is 0.0962 e. The van der Waals surface area contributed by atoms with E-state index in [1.807, 2.05) is 18.2 Å². The van der Waals surface area contributed by atoms with Crippen molar-refractivity contribution in [2.45, 2.75) is 6.10 Å². The van der Waals surface area contributed by atoms with Crippen molar-refractivity contribution < 1.29 is 5.11 Å². The smallest absolute Gasteiger partial charge is 0.0962 e. The molecule has 0 spiro atoms. The van der Waals surface area contributed by atoms with Crippen molar-refractivity contribution in [2.75, 3.05) is 11.9 Å². The lowest BCUT2D eigenvalue weighted by atomic mass is 10.1. The standard InChI is InChI=1S/C13H12BrClN2O/c14-10-5-12(7-16-6-10)17-8-13(18)9-1-3-11(15)4-2-9/h1-7,13,17-18H,8H2. The Labute approximate surface area is 119 Å². The highest BCUT2D eigenvalue weighted by Gasteiger charge is 2.07. The summed E-state index contributed by atoms with van der Waals surface area (Å²) >= 11 is 9.14. The summed E-state index contributed by atoms with van der Waals surface area (Å²) in [4.78, 5) is 4.04. The van der Waals surface area contributed by atoms with Crippen LogP contribution >= 0.6 is 27.5 Å². The third-order valence-electron chi connectivity index (χ3n) is 2.46. The maximum absolute atomic E-state index is 10.0. The first kappa shape index (κ1) is 13.3. The van der Waals surface area contributed by atoms with Gasteiger partial charge in [-0.2, -0.15) is 0 Å². The predicted octanol–water partition coefficient (Wildman–Crippen LogP) is 3.64. The molecule has 0 aliphatic carbocycles. The highest BCUT2D eigenvalue weighted by Crippen LogP contribution is 2.18. The molecule has 18 heavy (non-hydrogen) atoms. The molecule has 0 amide bonds. The molecule has 0 saturated heterocycles. The van der Waals surface area contributed by atoms with Crippen LogP contribution in [0.1, 0.15) is 11.7 Å². The number of aromatic nitrogens is 1. The van der Waals surface area contributed by atoms with E-state index in [1.54, 1.807) is 24.5 Å². The monoisotopic (exact) mass is 326 g/mol. The van der Waals surface area contributed by atoms with E-state index in [0.29, 0.717) is 11.6 Å². The summed E-state index contributed by atoms with van der Waals surface area (Å²) in [6.45, 7) is 0.416. The van der Waals surface area contributed by atoms with Gasteiger partial charge in [0.2, 0.25) is 0 Å². The molecule has 2 N–H and O–H groups in total. The molecule has 1 unspecified atom stereocenters. The zero-order chi connectivity index (χ0) is 13.0. The van der Waals surface area contributed by atoms with Crippen LogP contribution in [-0.4, -0.2) is 16.6 Å². The summed E-state index contributed by atoms with van der Waals surface area (Å²) in [5.74, 6) is 0. The van der Waals surface area contributed by atoms with Crippen molar-refractivity contribution in [2.24, 2.45) is 0 Å². The van der Waals surface area contributed by atoms with Crippen LogP contribution < -0.4 is 5.32 Å². The number of hydrogen-bond donors (Lipinski definition) is 2. The number of nitrogens with zero attached hydrogens (tertiary/aromatic N) is 1. The fourth-order valence-corrected chi connectivity index (χ4v) is 2.02. The number of aliphatic hydroxyl groups excluding tert-OH is 1. The predicted molar refractivity (Wildman–Crippen MR) is 76.8 cm³/mol. The van der Waals surface area contributed by atoms with Crippen LogP contribution in [0.4, 0.5) is 5.69 Å². The molecular weight excluding hydrogens is 316 g/mol. The molecule has 3 nitrogen and oxygen atoms in total. The Morgan fingerprint density at radius 2 is 2.00 bits per heavy atom. The summed E-state index contributed by atoms with van der Waals surface area (Å²) in [6, 6.07) is 9.06. The highest BCUT2D eigenvalue weighted by atomic mass is 79.9. The topological polar surface area (TPSA) is 45.1 Å². The van der Waals surface area contributed by atoms with Crippen LogP contribution in [-0.2, 0) is 0 Å². The number of aliphatic hydroxyl groups is 1. The van der Waals surface area contributed by atoms with Gasteiger partial charge in [0.1, 0.15) is 0 Å². The molecule has 1 heterocycles. The molecule has 2 aromatic rings. The first-order chi connectivity index (χ1) is 8.65. The minimum atomic E-state index is -0.582. The van der Waals surface area contributed by atoms with E-state index < -0.39 is 6.10 Å². The first-order valence-electron chi connectivity index (χ1n) is 5.43. The third-order valence-corrected chi connectivity index (χ3v) is 3.14. The SMILES string of the molecule is OC(CNc1cncc(Br)c1)c1ccc(Cl)cc1. The highest BCUT2D eigenvalue weighted by molar-refractivity contribution is 9.10. The molecule has 0 saturated carbocycles. The summed E-state index contributed by atoms with van der Waals surface area (Å²) < 4.78 is 0.897. The molecule has 0 aliphatic rings. The van der Waals surface area contributed by atoms with Gasteiger partial charge in [-0.15, -0.1) is 0 Å². The minimum absolute atomic E-state index is 0.416. The van der Waals surface area contributed by atoms with Gasteiger partial charge in [0, 0.05) is 22.2 Å². The Morgan fingerprint density at radius 3 is 2.67 bits per heavy atom. The second-order valence-corrected chi connectivity index (χ2v) is 5.19. The minimum Gasteiger partial charge on any atom is -0.387 e. The van der Waals surface area contributed by atoms with Gasteiger partial charge in [-0.25, -0.2) is 0 Å². The van der Waals surface area contributed by atoms with E-state index in [2.05, 4.69) is 26.2 Å². The van der Waals surface area contributed by atoms with Gasteiger partial charge in [0.25, 0.3) is 0 Å². The largest absolute Gasteiger partial charge is 0.387 e. The van der Waals surface area contributed by atoms with Gasteiger partial charge >= 0.3 is 0 Å². The Kier molecular flexibility index (Phi) is 4.58. The average molecular weight is 328 g/mol. The zero-order valence-corrected chi connectivity index (χ0v) is 11.8. The molecule has 1 aromatic carbocycles. The van der Waals surface area contributed by atoms with Crippen molar-refractivity contribution >= 4 is 33.2 Å². The third kappa shape index (κ3) is 3.70. The second-order valence-electron chi connectivity index (χ2n) is 3.84. The Balaban J connectivity index is 1.96. The maximum atomic E-state index is 10.0. The molecule has 0 bridgehead atoms. The van der Waals surface area contributed by atoms with Crippen LogP contribution in [0, 0.1) is 0 Å². The lowest BCUT2D eigenvalue weighted by molar-refractivity contribution is 0.191. The van der Waals surface area contributed by atoms with Crippen LogP contribution in [0.25, 0.3) is 0 Å². The van der Waals surface area contributed by atoms with Crippen molar-refractivity contribution in [1.82, 2.24) is 4.98 Å². The molecular formula is C13H12BrClN2O. The molecule has 2 rings (SSSR count). The number of nitrogens with one attached hydrogen (secondary N) is 1. The number of halogens is 2. The van der Waals surface area contributed by atoms with Gasteiger partial charge in [0.05, 0.1) is 18.0 Å². The van der Waals surface area contributed by atoms with E-state index in [1.165, 1.54) is 0 Å². The second kappa shape index (κ2) is 6.18. The summed E-state index contributed by atoms with van der Waals surface area (Å²) in [6.07, 6.45) is 2.83. The summed E-state index contributed by atoms with van der Waals surface area (Å²) in [7, 11) is 0. The van der Waals surface area contributed by atoms with Crippen molar-refractivity contribution in [3.05, 3.63) is 57.8 Å². The Hall–Kier alpha value is -1.10. The summed E-state index contributed by atoms with van der Waals surface area (Å²) in [5.41, 5.74) is 1.69. The lowest BCUT2D eigenvalue weighted by Crippen LogP contribution is -2.12. The zero-order valence-electron chi connectivity index (χ0n) is 9.48.